The summed E-state index contributed by atoms with van der Waals surface area (Å²) in [5, 5.41) is 4.32. The lowest BCUT2D eigenvalue weighted by Gasteiger charge is -2.11. The molecule has 0 aliphatic heterocycles. The van der Waals surface area contributed by atoms with E-state index in [-0.39, 0.29) is 11.3 Å². The minimum absolute atomic E-state index is 0.103. The Hall–Kier alpha value is -1.61. The van der Waals surface area contributed by atoms with Crippen molar-refractivity contribution in [3.8, 4) is 5.69 Å². The van der Waals surface area contributed by atoms with Crippen molar-refractivity contribution in [2.45, 2.75) is 39.0 Å². The first-order valence-corrected chi connectivity index (χ1v) is 7.44. The number of aromatic nitrogens is 2. The highest BCUT2D eigenvalue weighted by atomic mass is 35.5. The highest BCUT2D eigenvalue weighted by Crippen LogP contribution is 2.12. The van der Waals surface area contributed by atoms with Crippen molar-refractivity contribution >= 4 is 11.6 Å². The molecule has 0 fully saturated rings. The van der Waals surface area contributed by atoms with Crippen LogP contribution in [0, 0.1) is 6.92 Å². The summed E-state index contributed by atoms with van der Waals surface area (Å²) in [6, 6.07) is 9.88. The second kappa shape index (κ2) is 6.71. The molecule has 0 aliphatic carbocycles. The number of nitrogens with zero attached hydrogens (tertiary/aromatic N) is 2. The van der Waals surface area contributed by atoms with Crippen molar-refractivity contribution in [3.63, 3.8) is 0 Å². The van der Waals surface area contributed by atoms with Crippen molar-refractivity contribution < 1.29 is 0 Å². The van der Waals surface area contributed by atoms with Crippen molar-refractivity contribution in [1.82, 2.24) is 9.78 Å². The number of hydrogen-bond donors (Lipinski definition) is 0. The molecule has 0 amide bonds. The van der Waals surface area contributed by atoms with Crippen LogP contribution in [0.25, 0.3) is 5.69 Å². The van der Waals surface area contributed by atoms with E-state index in [1.807, 2.05) is 19.1 Å². The Morgan fingerprint density at radius 2 is 1.95 bits per heavy atom. The number of alkyl halides is 1. The molecule has 20 heavy (non-hydrogen) atoms. The van der Waals surface area contributed by atoms with Gasteiger partial charge in [-0.05, 0) is 37.5 Å². The summed E-state index contributed by atoms with van der Waals surface area (Å²) >= 11 is 5.75. The van der Waals surface area contributed by atoms with Gasteiger partial charge in [0.05, 0.1) is 11.6 Å². The number of hydrogen-bond acceptors (Lipinski definition) is 2. The van der Waals surface area contributed by atoms with Gasteiger partial charge in [-0.25, -0.2) is 4.68 Å². The van der Waals surface area contributed by atoms with Crippen LogP contribution in [0.15, 0.2) is 35.1 Å². The van der Waals surface area contributed by atoms with Gasteiger partial charge in [-0.2, -0.15) is 5.10 Å². The Kier molecular flexibility index (Phi) is 4.96. The molecule has 0 radical (unpaired) electrons. The normalized spacial score (nSPS) is 10.8. The zero-order valence-electron chi connectivity index (χ0n) is 11.9. The van der Waals surface area contributed by atoms with E-state index < -0.39 is 0 Å². The van der Waals surface area contributed by atoms with Gasteiger partial charge < -0.3 is 0 Å². The lowest BCUT2D eigenvalue weighted by atomic mass is 10.1. The SMILES string of the molecule is CCCCc1ccc(-n2nc(CCl)c(=O)cc2C)cc1. The molecule has 3 nitrogen and oxygen atoms in total. The van der Waals surface area contributed by atoms with Gasteiger partial charge in [0.1, 0.15) is 5.69 Å². The van der Waals surface area contributed by atoms with Crippen LogP contribution in [-0.2, 0) is 12.3 Å². The van der Waals surface area contributed by atoms with Crippen molar-refractivity contribution in [2.24, 2.45) is 0 Å². The molecule has 1 aromatic heterocycles. The molecular formula is C16H19ClN2O. The van der Waals surface area contributed by atoms with E-state index in [0.29, 0.717) is 5.69 Å². The van der Waals surface area contributed by atoms with Gasteiger partial charge in [0, 0.05) is 11.8 Å². The van der Waals surface area contributed by atoms with Gasteiger partial charge in [-0.3, -0.25) is 4.79 Å². The van der Waals surface area contributed by atoms with Crippen LogP contribution in [0.1, 0.15) is 36.7 Å². The molecule has 0 saturated carbocycles. The summed E-state index contributed by atoms with van der Waals surface area (Å²) in [5.41, 5.74) is 3.37. The largest absolute Gasteiger partial charge is 0.288 e. The van der Waals surface area contributed by atoms with Crippen molar-refractivity contribution in [3.05, 3.63) is 57.5 Å². The zero-order chi connectivity index (χ0) is 14.5. The van der Waals surface area contributed by atoms with E-state index >= 15 is 0 Å². The summed E-state index contributed by atoms with van der Waals surface area (Å²) in [4.78, 5) is 11.7. The number of halogens is 1. The van der Waals surface area contributed by atoms with Gasteiger partial charge >= 0.3 is 0 Å². The second-order valence-corrected chi connectivity index (χ2v) is 5.18. The highest BCUT2D eigenvalue weighted by molar-refractivity contribution is 6.16. The highest BCUT2D eigenvalue weighted by Gasteiger charge is 2.06. The predicted molar refractivity (Wildman–Crippen MR) is 82.7 cm³/mol. The van der Waals surface area contributed by atoms with Gasteiger partial charge in [-0.15, -0.1) is 11.6 Å². The van der Waals surface area contributed by atoms with Crippen LogP contribution in [0.4, 0.5) is 0 Å². The summed E-state index contributed by atoms with van der Waals surface area (Å²) in [5.74, 6) is 0.133. The van der Waals surface area contributed by atoms with Gasteiger partial charge in [-0.1, -0.05) is 25.5 Å². The monoisotopic (exact) mass is 290 g/mol. The standard InChI is InChI=1S/C16H19ClN2O/c1-3-4-5-13-6-8-14(9-7-13)19-12(2)10-16(20)15(11-17)18-19/h6-10H,3-5,11H2,1-2H3. The fourth-order valence-corrected chi connectivity index (χ4v) is 2.31. The third kappa shape index (κ3) is 3.28. The zero-order valence-corrected chi connectivity index (χ0v) is 12.7. The van der Waals surface area contributed by atoms with Gasteiger partial charge in [0.15, 0.2) is 0 Å². The Morgan fingerprint density at radius 3 is 2.55 bits per heavy atom. The van der Waals surface area contributed by atoms with E-state index in [1.165, 1.54) is 18.4 Å². The molecule has 0 N–H and O–H groups in total. The smallest absolute Gasteiger partial charge is 0.204 e. The average Bonchev–Trinajstić information content (AvgIpc) is 2.46. The molecule has 0 atom stereocenters. The molecule has 1 aromatic carbocycles. The average molecular weight is 291 g/mol. The maximum Gasteiger partial charge on any atom is 0.204 e. The van der Waals surface area contributed by atoms with Crippen molar-refractivity contribution in [1.29, 1.82) is 0 Å². The molecule has 0 spiro atoms. The topological polar surface area (TPSA) is 34.9 Å². The number of rotatable bonds is 5. The molecule has 0 aliphatic rings. The van der Waals surface area contributed by atoms with E-state index in [4.69, 9.17) is 11.6 Å². The minimum Gasteiger partial charge on any atom is -0.288 e. The lowest BCUT2D eigenvalue weighted by molar-refractivity contribution is 0.769. The number of benzene rings is 1. The fraction of sp³-hybridized carbons (Fsp3) is 0.375. The number of aryl methyl sites for hydroxylation is 2. The summed E-state index contributed by atoms with van der Waals surface area (Å²) in [6.45, 7) is 4.06. The molecule has 2 aromatic rings. The van der Waals surface area contributed by atoms with Crippen LogP contribution in [0.2, 0.25) is 0 Å². The maximum absolute atomic E-state index is 11.7. The lowest BCUT2D eigenvalue weighted by Crippen LogP contribution is -2.17. The third-order valence-electron chi connectivity index (χ3n) is 3.31. The molecule has 4 heteroatoms. The summed E-state index contributed by atoms with van der Waals surface area (Å²) in [7, 11) is 0. The van der Waals surface area contributed by atoms with E-state index in [2.05, 4.69) is 24.2 Å². The first kappa shape index (κ1) is 14.8. The third-order valence-corrected chi connectivity index (χ3v) is 3.56. The minimum atomic E-state index is -0.103. The van der Waals surface area contributed by atoms with E-state index in [1.54, 1.807) is 10.7 Å². The van der Waals surface area contributed by atoms with Crippen LogP contribution in [-0.4, -0.2) is 9.78 Å². The van der Waals surface area contributed by atoms with Crippen LogP contribution < -0.4 is 5.43 Å². The fourth-order valence-electron chi connectivity index (χ4n) is 2.12. The first-order chi connectivity index (χ1) is 9.65. The Labute approximate surface area is 124 Å². The maximum atomic E-state index is 11.7. The van der Waals surface area contributed by atoms with Crippen molar-refractivity contribution in [2.75, 3.05) is 0 Å². The van der Waals surface area contributed by atoms with E-state index in [0.717, 1.165) is 17.8 Å². The summed E-state index contributed by atoms with van der Waals surface area (Å²) in [6.07, 6.45) is 3.49. The Morgan fingerprint density at radius 1 is 1.25 bits per heavy atom. The van der Waals surface area contributed by atoms with E-state index in [9.17, 15) is 4.79 Å². The molecule has 2 rings (SSSR count). The predicted octanol–water partition coefficient (Wildman–Crippen LogP) is 3.62. The number of unbranched alkanes of at least 4 members (excludes halogenated alkanes) is 1. The summed E-state index contributed by atoms with van der Waals surface area (Å²) < 4.78 is 1.77. The van der Waals surface area contributed by atoms with Crippen LogP contribution in [0.3, 0.4) is 0 Å². The van der Waals surface area contributed by atoms with Gasteiger partial charge in [0.25, 0.3) is 0 Å². The Bertz CT molecular complexity index is 632. The van der Waals surface area contributed by atoms with Crippen LogP contribution in [0.5, 0.6) is 0 Å². The van der Waals surface area contributed by atoms with Gasteiger partial charge in [0.2, 0.25) is 5.43 Å². The molecule has 1 heterocycles. The molecular weight excluding hydrogens is 272 g/mol. The molecule has 0 saturated heterocycles. The first-order valence-electron chi connectivity index (χ1n) is 6.91. The quantitative estimate of drug-likeness (QED) is 0.788. The van der Waals surface area contributed by atoms with Crippen LogP contribution >= 0.6 is 11.6 Å². The second-order valence-electron chi connectivity index (χ2n) is 4.91. The Balaban J connectivity index is 2.34. The molecule has 0 unspecified atom stereocenters. The molecule has 106 valence electrons. The molecule has 0 bridgehead atoms.